The van der Waals surface area contributed by atoms with Crippen molar-refractivity contribution >= 4 is 22.6 Å². The molecular weight excluding hydrogens is 240 g/mol. The highest BCUT2D eigenvalue weighted by atomic mass is 16.1. The fraction of sp³-hybridized carbons (Fsp3) is 0.357. The minimum absolute atomic E-state index is 0.0544. The molecule has 1 aromatic heterocycles. The van der Waals surface area contributed by atoms with Gasteiger partial charge in [-0.25, -0.2) is 9.97 Å². The fourth-order valence-electron chi connectivity index (χ4n) is 2.61. The predicted octanol–water partition coefficient (Wildman–Crippen LogP) is 1.20. The summed E-state index contributed by atoms with van der Waals surface area (Å²) in [6, 6.07) is 7.96. The number of hydrogen-bond donors (Lipinski definition) is 1. The number of hydrogen-bond acceptors (Lipinski definition) is 4. The molecule has 19 heavy (non-hydrogen) atoms. The Hall–Kier alpha value is -2.17. The minimum atomic E-state index is 0.0544. The SMILES string of the molecule is CNC(=O)C1CCN(c2ncnc3ccccc23)C1. The standard InChI is InChI=1S/C14H16N4O/c1-15-14(19)10-6-7-18(8-10)13-11-4-2-3-5-12(11)16-9-17-13/h2-5,9-10H,6-8H2,1H3,(H,15,19). The van der Waals surface area contributed by atoms with Gasteiger partial charge in [0, 0.05) is 25.5 Å². The van der Waals surface area contributed by atoms with E-state index in [1.807, 2.05) is 24.3 Å². The molecule has 1 atom stereocenters. The average molecular weight is 256 g/mol. The molecule has 98 valence electrons. The Bertz CT molecular complexity index is 608. The number of amides is 1. The molecule has 1 aromatic carbocycles. The van der Waals surface area contributed by atoms with E-state index in [1.54, 1.807) is 13.4 Å². The molecule has 2 heterocycles. The second kappa shape index (κ2) is 4.84. The van der Waals surface area contributed by atoms with Gasteiger partial charge < -0.3 is 10.2 Å². The van der Waals surface area contributed by atoms with E-state index in [4.69, 9.17) is 0 Å². The molecule has 0 bridgehead atoms. The van der Waals surface area contributed by atoms with Crippen molar-refractivity contribution in [2.45, 2.75) is 6.42 Å². The molecular formula is C14H16N4O. The van der Waals surface area contributed by atoms with Gasteiger partial charge in [-0.2, -0.15) is 0 Å². The van der Waals surface area contributed by atoms with Gasteiger partial charge in [-0.15, -0.1) is 0 Å². The Morgan fingerprint density at radius 2 is 2.21 bits per heavy atom. The lowest BCUT2D eigenvalue weighted by molar-refractivity contribution is -0.123. The molecule has 1 amide bonds. The molecule has 1 N–H and O–H groups in total. The Kier molecular flexibility index (Phi) is 3.03. The van der Waals surface area contributed by atoms with Gasteiger partial charge in [0.2, 0.25) is 5.91 Å². The van der Waals surface area contributed by atoms with Crippen LogP contribution in [-0.4, -0.2) is 36.0 Å². The zero-order valence-electron chi connectivity index (χ0n) is 10.8. The van der Waals surface area contributed by atoms with Gasteiger partial charge in [0.1, 0.15) is 12.1 Å². The van der Waals surface area contributed by atoms with Crippen LogP contribution >= 0.6 is 0 Å². The van der Waals surface area contributed by atoms with Gasteiger partial charge in [-0.1, -0.05) is 12.1 Å². The molecule has 5 heteroatoms. The topological polar surface area (TPSA) is 58.1 Å². The molecule has 5 nitrogen and oxygen atoms in total. The molecule has 0 saturated carbocycles. The summed E-state index contributed by atoms with van der Waals surface area (Å²) in [5.74, 6) is 1.09. The van der Waals surface area contributed by atoms with Crippen LogP contribution in [0.2, 0.25) is 0 Å². The van der Waals surface area contributed by atoms with Crippen LogP contribution in [0.4, 0.5) is 5.82 Å². The van der Waals surface area contributed by atoms with Crippen molar-refractivity contribution in [2.24, 2.45) is 5.92 Å². The Labute approximate surface area is 111 Å². The van der Waals surface area contributed by atoms with E-state index >= 15 is 0 Å². The molecule has 2 aromatic rings. The number of benzene rings is 1. The Morgan fingerprint density at radius 1 is 1.37 bits per heavy atom. The first-order valence-corrected chi connectivity index (χ1v) is 6.46. The first-order chi connectivity index (χ1) is 9.29. The fourth-order valence-corrected chi connectivity index (χ4v) is 2.61. The normalized spacial score (nSPS) is 18.8. The monoisotopic (exact) mass is 256 g/mol. The second-order valence-corrected chi connectivity index (χ2v) is 4.76. The summed E-state index contributed by atoms with van der Waals surface area (Å²) in [6.45, 7) is 1.58. The number of anilines is 1. The number of nitrogens with zero attached hydrogens (tertiary/aromatic N) is 3. The van der Waals surface area contributed by atoms with Crippen LogP contribution in [0.15, 0.2) is 30.6 Å². The third-order valence-electron chi connectivity index (χ3n) is 3.63. The van der Waals surface area contributed by atoms with Crippen LogP contribution < -0.4 is 10.2 Å². The zero-order chi connectivity index (χ0) is 13.2. The number of para-hydroxylation sites is 1. The number of fused-ring (bicyclic) bond motifs is 1. The summed E-state index contributed by atoms with van der Waals surface area (Å²) in [5, 5.41) is 3.76. The summed E-state index contributed by atoms with van der Waals surface area (Å²) in [4.78, 5) is 22.5. The minimum Gasteiger partial charge on any atom is -0.359 e. The van der Waals surface area contributed by atoms with Crippen molar-refractivity contribution in [3.8, 4) is 0 Å². The number of carbonyl (C=O) groups excluding carboxylic acids is 1. The first-order valence-electron chi connectivity index (χ1n) is 6.46. The second-order valence-electron chi connectivity index (χ2n) is 4.76. The molecule has 1 aliphatic heterocycles. The van der Waals surface area contributed by atoms with Crippen molar-refractivity contribution in [3.05, 3.63) is 30.6 Å². The maximum atomic E-state index is 11.7. The van der Waals surface area contributed by atoms with E-state index in [9.17, 15) is 4.79 Å². The maximum absolute atomic E-state index is 11.7. The molecule has 1 fully saturated rings. The highest BCUT2D eigenvalue weighted by Gasteiger charge is 2.29. The van der Waals surface area contributed by atoms with Crippen LogP contribution in [0.1, 0.15) is 6.42 Å². The lowest BCUT2D eigenvalue weighted by Gasteiger charge is -2.18. The van der Waals surface area contributed by atoms with Gasteiger partial charge in [-0.3, -0.25) is 4.79 Å². The number of rotatable bonds is 2. The third-order valence-corrected chi connectivity index (χ3v) is 3.63. The first kappa shape index (κ1) is 11.9. The molecule has 3 rings (SSSR count). The highest BCUT2D eigenvalue weighted by molar-refractivity contribution is 5.90. The number of carbonyl (C=O) groups is 1. The predicted molar refractivity (Wildman–Crippen MR) is 73.9 cm³/mol. The lowest BCUT2D eigenvalue weighted by atomic mass is 10.1. The summed E-state index contributed by atoms with van der Waals surface area (Å²) in [7, 11) is 1.69. The van der Waals surface area contributed by atoms with Crippen molar-refractivity contribution < 1.29 is 4.79 Å². The Balaban J connectivity index is 1.92. The van der Waals surface area contributed by atoms with E-state index in [0.29, 0.717) is 0 Å². The van der Waals surface area contributed by atoms with E-state index in [0.717, 1.165) is 36.2 Å². The van der Waals surface area contributed by atoms with Crippen LogP contribution in [0.25, 0.3) is 10.9 Å². The summed E-state index contributed by atoms with van der Waals surface area (Å²) >= 11 is 0. The quantitative estimate of drug-likeness (QED) is 0.877. The molecule has 1 aliphatic rings. The van der Waals surface area contributed by atoms with E-state index in [1.165, 1.54) is 0 Å². The van der Waals surface area contributed by atoms with Crippen LogP contribution in [0.3, 0.4) is 0 Å². The van der Waals surface area contributed by atoms with Gasteiger partial charge in [0.25, 0.3) is 0 Å². The van der Waals surface area contributed by atoms with E-state index < -0.39 is 0 Å². The number of nitrogens with one attached hydrogen (secondary N) is 1. The largest absolute Gasteiger partial charge is 0.359 e. The summed E-state index contributed by atoms with van der Waals surface area (Å²) in [6.07, 6.45) is 2.46. The smallest absolute Gasteiger partial charge is 0.224 e. The van der Waals surface area contributed by atoms with E-state index in [2.05, 4.69) is 20.2 Å². The van der Waals surface area contributed by atoms with Gasteiger partial charge in [0.15, 0.2) is 0 Å². The molecule has 0 radical (unpaired) electrons. The average Bonchev–Trinajstić information content (AvgIpc) is 2.95. The van der Waals surface area contributed by atoms with Crippen molar-refractivity contribution in [1.29, 1.82) is 0 Å². The van der Waals surface area contributed by atoms with Crippen LogP contribution in [-0.2, 0) is 4.79 Å². The highest BCUT2D eigenvalue weighted by Crippen LogP contribution is 2.27. The van der Waals surface area contributed by atoms with Crippen LogP contribution in [0, 0.1) is 5.92 Å². The lowest BCUT2D eigenvalue weighted by Crippen LogP contribution is -2.30. The Morgan fingerprint density at radius 3 is 3.05 bits per heavy atom. The molecule has 1 saturated heterocycles. The number of aromatic nitrogens is 2. The summed E-state index contributed by atoms with van der Waals surface area (Å²) < 4.78 is 0. The van der Waals surface area contributed by atoms with E-state index in [-0.39, 0.29) is 11.8 Å². The van der Waals surface area contributed by atoms with Crippen molar-refractivity contribution in [1.82, 2.24) is 15.3 Å². The third kappa shape index (κ3) is 2.12. The van der Waals surface area contributed by atoms with Crippen molar-refractivity contribution in [3.63, 3.8) is 0 Å². The molecule has 1 unspecified atom stereocenters. The maximum Gasteiger partial charge on any atom is 0.224 e. The van der Waals surface area contributed by atoms with Crippen molar-refractivity contribution in [2.75, 3.05) is 25.0 Å². The van der Waals surface area contributed by atoms with Gasteiger partial charge in [-0.05, 0) is 18.6 Å². The molecule has 0 spiro atoms. The summed E-state index contributed by atoms with van der Waals surface area (Å²) in [5.41, 5.74) is 0.941. The molecule has 0 aliphatic carbocycles. The van der Waals surface area contributed by atoms with Gasteiger partial charge >= 0.3 is 0 Å². The van der Waals surface area contributed by atoms with Gasteiger partial charge in [0.05, 0.1) is 11.4 Å². The zero-order valence-corrected chi connectivity index (χ0v) is 10.8. The van der Waals surface area contributed by atoms with Crippen LogP contribution in [0.5, 0.6) is 0 Å².